The van der Waals surface area contributed by atoms with Crippen LogP contribution in [0.1, 0.15) is 32.8 Å². The number of nitrogens with one attached hydrogen (secondary N) is 1. The van der Waals surface area contributed by atoms with Gasteiger partial charge in [0.05, 0.1) is 43.1 Å². The number of nitrogens with zero attached hydrogens (tertiary/aromatic N) is 8. The second kappa shape index (κ2) is 15.1. The molecule has 0 spiro atoms. The Bertz CT molecular complexity index is 1890. The zero-order chi connectivity index (χ0) is 36.2. The van der Waals surface area contributed by atoms with Crippen LogP contribution in [0.2, 0.25) is 0 Å². The number of hydrogen-bond donors (Lipinski definition) is 1. The van der Waals surface area contributed by atoms with Gasteiger partial charge in [-0.05, 0) is 81.8 Å². The van der Waals surface area contributed by atoms with Gasteiger partial charge in [0.25, 0.3) is 0 Å². The Kier molecular flexibility index (Phi) is 10.2. The number of rotatable bonds is 8. The highest BCUT2D eigenvalue weighted by Crippen LogP contribution is 2.34. The van der Waals surface area contributed by atoms with E-state index in [1.807, 2.05) is 41.3 Å². The summed E-state index contributed by atoms with van der Waals surface area (Å²) in [5.74, 6) is 0.826. The van der Waals surface area contributed by atoms with Crippen molar-refractivity contribution in [2.24, 2.45) is 0 Å². The van der Waals surface area contributed by atoms with Crippen LogP contribution in [-0.4, -0.2) is 107 Å². The number of piperazine rings is 1. The van der Waals surface area contributed by atoms with E-state index in [4.69, 9.17) is 14.5 Å². The average molecular weight is 706 g/mol. The first-order chi connectivity index (χ1) is 25.1. The van der Waals surface area contributed by atoms with Crippen LogP contribution in [-0.2, 0) is 9.47 Å². The van der Waals surface area contributed by atoms with Gasteiger partial charge >= 0.3 is 6.09 Å². The molecule has 4 heterocycles. The summed E-state index contributed by atoms with van der Waals surface area (Å²) < 4.78 is 26.1. The summed E-state index contributed by atoms with van der Waals surface area (Å²) in [5.41, 5.74) is 3.75. The molecule has 3 aliphatic rings. The molecule has 2 unspecified atom stereocenters. The van der Waals surface area contributed by atoms with Gasteiger partial charge in [-0.25, -0.2) is 19.2 Å². The van der Waals surface area contributed by atoms with Crippen molar-refractivity contribution in [1.82, 2.24) is 24.8 Å². The summed E-state index contributed by atoms with van der Waals surface area (Å²) in [6.07, 6.45) is -0.0274. The summed E-state index contributed by atoms with van der Waals surface area (Å²) in [4.78, 5) is 34.7. The maximum atomic E-state index is 15.3. The lowest BCUT2D eigenvalue weighted by Crippen LogP contribution is -2.56. The number of piperidine rings is 1. The Hall–Kier alpha value is -5.32. The van der Waals surface area contributed by atoms with Crippen LogP contribution in [0.5, 0.6) is 0 Å². The number of ether oxygens (including phenoxy) is 2. The molecule has 2 atom stereocenters. The van der Waals surface area contributed by atoms with E-state index in [0.29, 0.717) is 47.6 Å². The van der Waals surface area contributed by atoms with Crippen molar-refractivity contribution in [3.63, 3.8) is 0 Å². The summed E-state index contributed by atoms with van der Waals surface area (Å²) in [7, 11) is 0. The maximum absolute atomic E-state index is 15.3. The van der Waals surface area contributed by atoms with Crippen molar-refractivity contribution in [3.05, 3.63) is 84.7 Å². The largest absolute Gasteiger partial charge is 0.444 e. The fourth-order valence-corrected chi connectivity index (χ4v) is 6.74. The lowest BCUT2D eigenvalue weighted by molar-refractivity contribution is -0.0660. The monoisotopic (exact) mass is 705 g/mol. The van der Waals surface area contributed by atoms with Crippen LogP contribution in [0.25, 0.3) is 11.4 Å². The van der Waals surface area contributed by atoms with Gasteiger partial charge in [-0.3, -0.25) is 9.80 Å². The summed E-state index contributed by atoms with van der Waals surface area (Å²) in [6.45, 7) is 11.3. The average Bonchev–Trinajstić information content (AvgIpc) is 3.12. The molecule has 0 radical (unpaired) electrons. The number of amides is 1. The van der Waals surface area contributed by atoms with E-state index in [9.17, 15) is 10.1 Å². The van der Waals surface area contributed by atoms with E-state index in [1.165, 1.54) is 16.9 Å². The predicted molar refractivity (Wildman–Crippen MR) is 198 cm³/mol. The first kappa shape index (κ1) is 35.1. The molecule has 3 aromatic carbocycles. The molecular formula is C39H44FN9O3. The molecule has 3 saturated heterocycles. The molecule has 12 nitrogen and oxygen atoms in total. The van der Waals surface area contributed by atoms with Gasteiger partial charge in [0.15, 0.2) is 5.82 Å². The Morgan fingerprint density at radius 3 is 2.37 bits per heavy atom. The van der Waals surface area contributed by atoms with Gasteiger partial charge in [-0.2, -0.15) is 10.2 Å². The van der Waals surface area contributed by atoms with Crippen LogP contribution < -0.4 is 15.1 Å². The van der Waals surface area contributed by atoms with Crippen molar-refractivity contribution in [2.45, 2.75) is 51.0 Å². The molecule has 0 aliphatic carbocycles. The molecule has 3 aliphatic heterocycles. The Labute approximate surface area is 303 Å². The number of alkyl halides is 1. The Morgan fingerprint density at radius 2 is 1.71 bits per heavy atom. The van der Waals surface area contributed by atoms with Gasteiger partial charge in [0, 0.05) is 55.3 Å². The van der Waals surface area contributed by atoms with Crippen LogP contribution in [0, 0.1) is 11.3 Å². The third kappa shape index (κ3) is 7.93. The summed E-state index contributed by atoms with van der Waals surface area (Å²) in [5, 5.41) is 13.3. The molecule has 1 aromatic heterocycles. The summed E-state index contributed by atoms with van der Waals surface area (Å²) in [6, 6.07) is 25.9. The minimum absolute atomic E-state index is 0.0889. The minimum atomic E-state index is -1.34. The number of anilines is 5. The van der Waals surface area contributed by atoms with Gasteiger partial charge in [-0.15, -0.1) is 0 Å². The number of likely N-dealkylation sites (tertiary alicyclic amines) is 1. The van der Waals surface area contributed by atoms with Gasteiger partial charge < -0.3 is 24.6 Å². The second-order valence-corrected chi connectivity index (χ2v) is 14.4. The van der Waals surface area contributed by atoms with Gasteiger partial charge in [-0.1, -0.05) is 18.2 Å². The predicted octanol–water partition coefficient (Wildman–Crippen LogP) is 6.16. The molecular weight excluding hydrogens is 661 g/mol. The number of para-hydroxylation sites is 1. The molecule has 0 bridgehead atoms. The smallest absolute Gasteiger partial charge is 0.410 e. The van der Waals surface area contributed by atoms with Crippen LogP contribution in [0.15, 0.2) is 79.1 Å². The van der Waals surface area contributed by atoms with E-state index in [0.717, 1.165) is 50.8 Å². The van der Waals surface area contributed by atoms with Crippen molar-refractivity contribution in [1.29, 1.82) is 5.26 Å². The molecule has 52 heavy (non-hydrogen) atoms. The number of aromatic nitrogens is 3. The lowest BCUT2D eigenvalue weighted by atomic mass is 10.0. The zero-order valence-electron chi connectivity index (χ0n) is 29.8. The van der Waals surface area contributed by atoms with Gasteiger partial charge in [0.1, 0.15) is 24.2 Å². The lowest BCUT2D eigenvalue weighted by Gasteiger charge is -2.43. The molecule has 7 rings (SSSR count). The van der Waals surface area contributed by atoms with Crippen molar-refractivity contribution in [3.8, 4) is 17.5 Å². The number of hydrogen-bond acceptors (Lipinski definition) is 11. The Morgan fingerprint density at radius 1 is 0.981 bits per heavy atom. The second-order valence-electron chi connectivity index (χ2n) is 14.4. The first-order valence-corrected chi connectivity index (χ1v) is 17.8. The molecule has 1 amide bonds. The van der Waals surface area contributed by atoms with Crippen molar-refractivity contribution >= 4 is 34.8 Å². The maximum Gasteiger partial charge on any atom is 0.410 e. The SMILES string of the molecule is CC(C)(C)OC(=O)N1CCC(Nc2ccc(-c3ncnc(N(c4ccccc4)c4ccc(N5CCN(C6COC6)CC5)cc4)n3)cc2C#N)C(F)C1. The standard InChI is InChI=1S/C39H44FN9O3/c1-39(2,3)52-38(50)48-16-15-35(33(40)23-48)44-34-14-9-27(21-28(34)22-41)36-42-26-43-37(45-36)49(30-7-5-4-6-8-30)31-12-10-29(11-13-31)46-17-19-47(20-18-46)32-24-51-25-32/h4-14,21,26,32-33,35,44H,15-20,23-25H2,1-3H3. The van der Waals surface area contributed by atoms with Crippen LogP contribution in [0.4, 0.5) is 37.9 Å². The molecule has 270 valence electrons. The van der Waals surface area contributed by atoms with Crippen LogP contribution >= 0.6 is 0 Å². The van der Waals surface area contributed by atoms with E-state index >= 15 is 4.39 Å². The topological polar surface area (TPSA) is 123 Å². The number of benzene rings is 3. The van der Waals surface area contributed by atoms with Crippen molar-refractivity contribution < 1.29 is 18.7 Å². The molecule has 13 heteroatoms. The number of nitriles is 1. The Balaban J connectivity index is 1.07. The van der Waals surface area contributed by atoms with Crippen LogP contribution in [0.3, 0.4) is 0 Å². The molecule has 3 fully saturated rings. The van der Waals surface area contributed by atoms with E-state index in [1.54, 1.807) is 32.9 Å². The summed E-state index contributed by atoms with van der Waals surface area (Å²) >= 11 is 0. The third-order valence-corrected chi connectivity index (χ3v) is 9.63. The van der Waals surface area contributed by atoms with Gasteiger partial charge in [0.2, 0.25) is 5.95 Å². The number of carbonyl (C=O) groups is 1. The van der Waals surface area contributed by atoms with E-state index < -0.39 is 23.9 Å². The third-order valence-electron chi connectivity index (χ3n) is 9.63. The fraction of sp³-hybridized carbons (Fsp3) is 0.410. The quantitative estimate of drug-likeness (QED) is 0.227. The number of carbonyl (C=O) groups excluding carboxylic acids is 1. The normalized spacial score (nSPS) is 19.8. The molecule has 1 N–H and O–H groups in total. The minimum Gasteiger partial charge on any atom is -0.444 e. The highest BCUT2D eigenvalue weighted by molar-refractivity contribution is 5.75. The zero-order valence-corrected chi connectivity index (χ0v) is 29.8. The van der Waals surface area contributed by atoms with E-state index in [-0.39, 0.29) is 6.54 Å². The fourth-order valence-electron chi connectivity index (χ4n) is 6.74. The molecule has 4 aromatic rings. The van der Waals surface area contributed by atoms with Crippen molar-refractivity contribution in [2.75, 3.05) is 67.6 Å². The van der Waals surface area contributed by atoms with E-state index in [2.05, 4.69) is 55.4 Å². The number of halogens is 1. The molecule has 0 saturated carbocycles. The first-order valence-electron chi connectivity index (χ1n) is 17.8. The highest BCUT2D eigenvalue weighted by Gasteiger charge is 2.34. The highest BCUT2D eigenvalue weighted by atomic mass is 19.1.